The highest BCUT2D eigenvalue weighted by Gasteiger charge is 2.12. The molecule has 4 rings (SSSR count). The SMILES string of the molecule is O=C(NCCCn1nc2ccccn2c1=O)c1ccccc1OCc1ccc(Cl)cc1. The number of aromatic nitrogens is 3. The number of benzene rings is 2. The van der Waals surface area contributed by atoms with Gasteiger partial charge in [0.05, 0.1) is 5.56 Å². The number of nitrogens with one attached hydrogen (secondary N) is 1. The van der Waals surface area contributed by atoms with Crippen LogP contribution in [0.4, 0.5) is 0 Å². The van der Waals surface area contributed by atoms with E-state index in [0.717, 1.165) is 5.56 Å². The monoisotopic (exact) mass is 436 g/mol. The summed E-state index contributed by atoms with van der Waals surface area (Å²) in [6.45, 7) is 1.15. The van der Waals surface area contributed by atoms with Gasteiger partial charge in [-0.25, -0.2) is 9.48 Å². The number of rotatable bonds is 8. The van der Waals surface area contributed by atoms with Crippen LogP contribution in [-0.4, -0.2) is 26.6 Å². The van der Waals surface area contributed by atoms with Crippen molar-refractivity contribution in [3.8, 4) is 5.75 Å². The van der Waals surface area contributed by atoms with Crippen LogP contribution in [0, 0.1) is 0 Å². The Morgan fingerprint density at radius 3 is 2.61 bits per heavy atom. The molecule has 0 saturated carbocycles. The number of ether oxygens (including phenoxy) is 1. The molecule has 1 N–H and O–H groups in total. The molecule has 0 saturated heterocycles. The zero-order chi connectivity index (χ0) is 21.6. The highest BCUT2D eigenvalue weighted by atomic mass is 35.5. The number of carbonyl (C=O) groups excluding carboxylic acids is 1. The summed E-state index contributed by atoms with van der Waals surface area (Å²) < 4.78 is 8.75. The average Bonchev–Trinajstić information content (AvgIpc) is 3.12. The van der Waals surface area contributed by atoms with Gasteiger partial charge in [0.2, 0.25) is 0 Å². The molecule has 0 unspecified atom stereocenters. The lowest BCUT2D eigenvalue weighted by molar-refractivity contribution is 0.0948. The maximum Gasteiger partial charge on any atom is 0.350 e. The molecule has 2 heterocycles. The van der Waals surface area contributed by atoms with E-state index in [1.54, 1.807) is 48.7 Å². The van der Waals surface area contributed by atoms with Crippen LogP contribution in [0.25, 0.3) is 5.65 Å². The second kappa shape index (κ2) is 9.49. The highest BCUT2D eigenvalue weighted by molar-refractivity contribution is 6.30. The molecule has 1 amide bonds. The molecule has 2 aromatic heterocycles. The fourth-order valence-corrected chi connectivity index (χ4v) is 3.29. The molecular weight excluding hydrogens is 416 g/mol. The molecule has 7 nitrogen and oxygen atoms in total. The van der Waals surface area contributed by atoms with Gasteiger partial charge in [-0.1, -0.05) is 41.9 Å². The number of pyridine rings is 1. The quantitative estimate of drug-likeness (QED) is 0.428. The second-order valence-corrected chi connectivity index (χ2v) is 7.39. The Labute approximate surface area is 183 Å². The van der Waals surface area contributed by atoms with Crippen molar-refractivity contribution in [3.63, 3.8) is 0 Å². The summed E-state index contributed by atoms with van der Waals surface area (Å²) in [4.78, 5) is 24.9. The van der Waals surface area contributed by atoms with Gasteiger partial charge in [-0.15, -0.1) is 5.10 Å². The summed E-state index contributed by atoms with van der Waals surface area (Å²) >= 11 is 5.91. The Bertz CT molecular complexity index is 1250. The zero-order valence-corrected chi connectivity index (χ0v) is 17.5. The number of hydrogen-bond donors (Lipinski definition) is 1. The van der Waals surface area contributed by atoms with E-state index in [9.17, 15) is 9.59 Å². The van der Waals surface area contributed by atoms with E-state index in [4.69, 9.17) is 16.3 Å². The van der Waals surface area contributed by atoms with Crippen LogP contribution in [0.2, 0.25) is 5.02 Å². The number of para-hydroxylation sites is 1. The molecular formula is C23H21ClN4O3. The van der Waals surface area contributed by atoms with E-state index < -0.39 is 0 Å². The molecule has 158 valence electrons. The van der Waals surface area contributed by atoms with Crippen LogP contribution in [0.5, 0.6) is 5.75 Å². The van der Waals surface area contributed by atoms with Gasteiger partial charge in [-0.3, -0.25) is 9.20 Å². The molecule has 8 heteroatoms. The minimum Gasteiger partial charge on any atom is -0.488 e. The first-order valence-corrected chi connectivity index (χ1v) is 10.3. The fraction of sp³-hybridized carbons (Fsp3) is 0.174. The Hall–Kier alpha value is -3.58. The van der Waals surface area contributed by atoms with Crippen molar-refractivity contribution in [2.45, 2.75) is 19.6 Å². The first-order chi connectivity index (χ1) is 15.1. The van der Waals surface area contributed by atoms with Crippen LogP contribution >= 0.6 is 11.6 Å². The molecule has 2 aromatic carbocycles. The second-order valence-electron chi connectivity index (χ2n) is 6.96. The number of aryl methyl sites for hydroxylation is 1. The maximum atomic E-state index is 12.6. The third kappa shape index (κ3) is 4.95. The van der Waals surface area contributed by atoms with Gasteiger partial charge in [0.25, 0.3) is 5.91 Å². The van der Waals surface area contributed by atoms with Crippen molar-refractivity contribution in [1.82, 2.24) is 19.5 Å². The van der Waals surface area contributed by atoms with Crippen LogP contribution in [0.1, 0.15) is 22.3 Å². The van der Waals surface area contributed by atoms with Crippen molar-refractivity contribution in [2.24, 2.45) is 0 Å². The first kappa shape index (κ1) is 20.7. The molecule has 0 radical (unpaired) electrons. The number of amides is 1. The van der Waals surface area contributed by atoms with Crippen LogP contribution in [0.3, 0.4) is 0 Å². The van der Waals surface area contributed by atoms with E-state index in [2.05, 4.69) is 10.4 Å². The standard InChI is InChI=1S/C23H21ClN4O3/c24-18-11-9-17(10-12-18)16-31-20-7-2-1-6-19(20)22(29)25-13-5-15-28-23(30)27-14-4-3-8-21(27)26-28/h1-4,6-12,14H,5,13,15-16H2,(H,25,29). The fourth-order valence-electron chi connectivity index (χ4n) is 3.16. The summed E-state index contributed by atoms with van der Waals surface area (Å²) in [6.07, 6.45) is 2.26. The summed E-state index contributed by atoms with van der Waals surface area (Å²) in [6, 6.07) is 19.9. The highest BCUT2D eigenvalue weighted by Crippen LogP contribution is 2.20. The predicted molar refractivity (Wildman–Crippen MR) is 119 cm³/mol. The van der Waals surface area contributed by atoms with E-state index in [-0.39, 0.29) is 11.6 Å². The van der Waals surface area contributed by atoms with Crippen molar-refractivity contribution < 1.29 is 9.53 Å². The topological polar surface area (TPSA) is 77.6 Å². The number of fused-ring (bicyclic) bond motifs is 1. The largest absolute Gasteiger partial charge is 0.488 e. The Balaban J connectivity index is 1.32. The van der Waals surface area contributed by atoms with Crippen molar-refractivity contribution in [2.75, 3.05) is 6.54 Å². The summed E-state index contributed by atoms with van der Waals surface area (Å²) in [5.41, 5.74) is 1.82. The molecule has 4 aromatic rings. The zero-order valence-electron chi connectivity index (χ0n) is 16.7. The molecule has 0 fully saturated rings. The number of hydrogen-bond acceptors (Lipinski definition) is 4. The van der Waals surface area contributed by atoms with E-state index >= 15 is 0 Å². The summed E-state index contributed by atoms with van der Waals surface area (Å²) in [5, 5.41) is 7.83. The van der Waals surface area contributed by atoms with Gasteiger partial charge >= 0.3 is 5.69 Å². The van der Waals surface area contributed by atoms with Gasteiger partial charge in [0.15, 0.2) is 5.65 Å². The third-order valence-corrected chi connectivity index (χ3v) is 5.01. The summed E-state index contributed by atoms with van der Waals surface area (Å²) in [7, 11) is 0. The van der Waals surface area contributed by atoms with Gasteiger partial charge < -0.3 is 10.1 Å². The van der Waals surface area contributed by atoms with E-state index in [1.807, 2.05) is 24.3 Å². The van der Waals surface area contributed by atoms with Crippen molar-refractivity contribution >= 4 is 23.2 Å². The number of carbonyl (C=O) groups is 1. The smallest absolute Gasteiger partial charge is 0.350 e. The van der Waals surface area contributed by atoms with Crippen LogP contribution in [0.15, 0.2) is 77.7 Å². The van der Waals surface area contributed by atoms with Crippen LogP contribution in [-0.2, 0) is 13.2 Å². The lowest BCUT2D eigenvalue weighted by Gasteiger charge is -2.12. The lowest BCUT2D eigenvalue weighted by Crippen LogP contribution is -2.27. The van der Waals surface area contributed by atoms with E-state index in [1.165, 1.54) is 9.08 Å². The molecule has 0 spiro atoms. The average molecular weight is 437 g/mol. The minimum absolute atomic E-state index is 0.192. The van der Waals surface area contributed by atoms with Gasteiger partial charge in [0.1, 0.15) is 12.4 Å². The van der Waals surface area contributed by atoms with Crippen molar-refractivity contribution in [3.05, 3.63) is 99.6 Å². The van der Waals surface area contributed by atoms with Gasteiger partial charge in [-0.2, -0.15) is 0 Å². The van der Waals surface area contributed by atoms with E-state index in [0.29, 0.717) is 48.1 Å². The maximum absolute atomic E-state index is 12.6. The van der Waals surface area contributed by atoms with Crippen LogP contribution < -0.4 is 15.7 Å². The minimum atomic E-state index is -0.228. The van der Waals surface area contributed by atoms with Gasteiger partial charge in [0, 0.05) is 24.3 Å². The van der Waals surface area contributed by atoms with Crippen molar-refractivity contribution in [1.29, 1.82) is 0 Å². The first-order valence-electron chi connectivity index (χ1n) is 9.90. The Morgan fingerprint density at radius 2 is 1.81 bits per heavy atom. The number of halogens is 1. The van der Waals surface area contributed by atoms with Gasteiger partial charge in [-0.05, 0) is 48.4 Å². The molecule has 0 aliphatic carbocycles. The summed E-state index contributed by atoms with van der Waals surface area (Å²) in [5.74, 6) is 0.278. The predicted octanol–water partition coefficient (Wildman–Crippen LogP) is 3.55. The lowest BCUT2D eigenvalue weighted by atomic mass is 10.2. The molecule has 0 aliphatic rings. The molecule has 0 atom stereocenters. The molecule has 0 aliphatic heterocycles. The Kier molecular flexibility index (Phi) is 6.33. The normalized spacial score (nSPS) is 10.9. The Morgan fingerprint density at radius 1 is 1.03 bits per heavy atom. The molecule has 0 bridgehead atoms. The third-order valence-electron chi connectivity index (χ3n) is 4.76. The number of nitrogens with zero attached hydrogens (tertiary/aromatic N) is 3. The molecule has 31 heavy (non-hydrogen) atoms.